The molecule has 0 saturated carbocycles. The summed E-state index contributed by atoms with van der Waals surface area (Å²) in [6.07, 6.45) is 1.76. The van der Waals surface area contributed by atoms with Gasteiger partial charge in [-0.05, 0) is 24.8 Å². The van der Waals surface area contributed by atoms with Gasteiger partial charge in [-0.1, -0.05) is 33.3 Å². The second-order valence-corrected chi connectivity index (χ2v) is 3.56. The minimum Gasteiger partial charge on any atom is -0.295 e. The second-order valence-electron chi connectivity index (χ2n) is 3.56. The van der Waals surface area contributed by atoms with Crippen molar-refractivity contribution in [2.75, 3.05) is 0 Å². The standard InChI is InChI=1S/C10H18O/c1-7(2)10(8(3)4)6-9(5)11/h6-8H,1-5H3. The molecule has 0 aliphatic carbocycles. The highest BCUT2D eigenvalue weighted by Gasteiger charge is 2.07. The largest absolute Gasteiger partial charge is 0.295 e. The van der Waals surface area contributed by atoms with Gasteiger partial charge in [0.1, 0.15) is 0 Å². The van der Waals surface area contributed by atoms with Crippen LogP contribution in [0.3, 0.4) is 0 Å². The van der Waals surface area contributed by atoms with Crippen molar-refractivity contribution in [2.24, 2.45) is 11.8 Å². The molecule has 0 amide bonds. The molecule has 0 heterocycles. The van der Waals surface area contributed by atoms with Crippen molar-refractivity contribution in [1.29, 1.82) is 0 Å². The Bertz CT molecular complexity index is 154. The predicted octanol–water partition coefficient (Wildman–Crippen LogP) is 2.81. The van der Waals surface area contributed by atoms with Gasteiger partial charge in [0.15, 0.2) is 5.78 Å². The average Bonchev–Trinajstić information content (AvgIpc) is 1.81. The van der Waals surface area contributed by atoms with Crippen LogP contribution in [0.25, 0.3) is 0 Å². The van der Waals surface area contributed by atoms with E-state index in [4.69, 9.17) is 0 Å². The third-order valence-electron chi connectivity index (χ3n) is 1.70. The van der Waals surface area contributed by atoms with Gasteiger partial charge in [0.25, 0.3) is 0 Å². The zero-order valence-corrected chi connectivity index (χ0v) is 8.14. The van der Waals surface area contributed by atoms with Gasteiger partial charge in [-0.15, -0.1) is 0 Å². The van der Waals surface area contributed by atoms with Gasteiger partial charge < -0.3 is 0 Å². The van der Waals surface area contributed by atoms with Crippen LogP contribution in [-0.2, 0) is 4.79 Å². The van der Waals surface area contributed by atoms with Crippen LogP contribution in [-0.4, -0.2) is 5.78 Å². The van der Waals surface area contributed by atoms with E-state index in [1.54, 1.807) is 13.0 Å². The summed E-state index contributed by atoms with van der Waals surface area (Å²) in [4.78, 5) is 10.8. The molecule has 0 aliphatic rings. The monoisotopic (exact) mass is 154 g/mol. The normalized spacial score (nSPS) is 10.5. The fourth-order valence-electron chi connectivity index (χ4n) is 1.23. The molecule has 0 bridgehead atoms. The van der Waals surface area contributed by atoms with Crippen molar-refractivity contribution < 1.29 is 4.79 Å². The maximum Gasteiger partial charge on any atom is 0.152 e. The van der Waals surface area contributed by atoms with Crippen molar-refractivity contribution >= 4 is 5.78 Å². The first-order chi connectivity index (χ1) is 4.95. The van der Waals surface area contributed by atoms with Gasteiger partial charge in [0.05, 0.1) is 0 Å². The zero-order chi connectivity index (χ0) is 9.02. The third-order valence-corrected chi connectivity index (χ3v) is 1.70. The molecule has 0 atom stereocenters. The molecule has 0 fully saturated rings. The van der Waals surface area contributed by atoms with Crippen LogP contribution in [0.4, 0.5) is 0 Å². The number of rotatable bonds is 3. The van der Waals surface area contributed by atoms with Gasteiger partial charge in [-0.3, -0.25) is 4.79 Å². The Morgan fingerprint density at radius 2 is 1.45 bits per heavy atom. The van der Waals surface area contributed by atoms with E-state index in [0.717, 1.165) is 0 Å². The van der Waals surface area contributed by atoms with Gasteiger partial charge in [-0.2, -0.15) is 0 Å². The number of carbonyl (C=O) groups is 1. The summed E-state index contributed by atoms with van der Waals surface area (Å²) in [7, 11) is 0. The quantitative estimate of drug-likeness (QED) is 0.571. The van der Waals surface area contributed by atoms with E-state index in [2.05, 4.69) is 27.7 Å². The highest BCUT2D eigenvalue weighted by molar-refractivity contribution is 5.88. The summed E-state index contributed by atoms with van der Waals surface area (Å²) in [6.45, 7) is 10.1. The Morgan fingerprint density at radius 1 is 1.09 bits per heavy atom. The molecule has 0 aromatic carbocycles. The van der Waals surface area contributed by atoms with Crippen LogP contribution in [0.15, 0.2) is 11.6 Å². The Kier molecular flexibility index (Phi) is 4.09. The number of hydrogen-bond acceptors (Lipinski definition) is 1. The lowest BCUT2D eigenvalue weighted by molar-refractivity contribution is -0.112. The van der Waals surface area contributed by atoms with E-state index in [1.807, 2.05) is 0 Å². The van der Waals surface area contributed by atoms with E-state index in [0.29, 0.717) is 11.8 Å². The zero-order valence-electron chi connectivity index (χ0n) is 8.14. The Morgan fingerprint density at radius 3 is 1.55 bits per heavy atom. The minimum atomic E-state index is 0.155. The number of carbonyl (C=O) groups excluding carboxylic acids is 1. The first-order valence-electron chi connectivity index (χ1n) is 4.17. The van der Waals surface area contributed by atoms with E-state index in [-0.39, 0.29) is 5.78 Å². The molecule has 0 radical (unpaired) electrons. The molecule has 0 spiro atoms. The highest BCUT2D eigenvalue weighted by Crippen LogP contribution is 2.18. The Hall–Kier alpha value is -0.590. The molecule has 0 unspecified atom stereocenters. The average molecular weight is 154 g/mol. The molecule has 64 valence electrons. The van der Waals surface area contributed by atoms with Crippen molar-refractivity contribution in [3.05, 3.63) is 11.6 Å². The van der Waals surface area contributed by atoms with E-state index < -0.39 is 0 Å². The summed E-state index contributed by atoms with van der Waals surface area (Å²) in [5, 5.41) is 0. The van der Waals surface area contributed by atoms with E-state index >= 15 is 0 Å². The van der Waals surface area contributed by atoms with Gasteiger partial charge in [-0.25, -0.2) is 0 Å². The molecule has 1 heteroatoms. The van der Waals surface area contributed by atoms with Crippen LogP contribution < -0.4 is 0 Å². The smallest absolute Gasteiger partial charge is 0.152 e. The predicted molar refractivity (Wildman–Crippen MR) is 48.4 cm³/mol. The second kappa shape index (κ2) is 4.32. The third kappa shape index (κ3) is 3.97. The maximum absolute atomic E-state index is 10.8. The molecule has 0 N–H and O–H groups in total. The molecule has 0 saturated heterocycles. The number of ketones is 1. The fourth-order valence-corrected chi connectivity index (χ4v) is 1.23. The summed E-state index contributed by atoms with van der Waals surface area (Å²) >= 11 is 0. The lowest BCUT2D eigenvalue weighted by atomic mass is 9.92. The van der Waals surface area contributed by atoms with Crippen LogP contribution in [0.2, 0.25) is 0 Å². The summed E-state index contributed by atoms with van der Waals surface area (Å²) in [6, 6.07) is 0. The van der Waals surface area contributed by atoms with Crippen molar-refractivity contribution in [1.82, 2.24) is 0 Å². The van der Waals surface area contributed by atoms with Crippen LogP contribution >= 0.6 is 0 Å². The van der Waals surface area contributed by atoms with E-state index in [1.165, 1.54) is 5.57 Å². The molecular formula is C10H18O. The maximum atomic E-state index is 10.8. The molecular weight excluding hydrogens is 136 g/mol. The van der Waals surface area contributed by atoms with Gasteiger partial charge >= 0.3 is 0 Å². The van der Waals surface area contributed by atoms with E-state index in [9.17, 15) is 4.79 Å². The molecule has 0 aromatic heterocycles. The molecule has 11 heavy (non-hydrogen) atoms. The Balaban J connectivity index is 4.46. The number of hydrogen-bond donors (Lipinski definition) is 0. The first kappa shape index (κ1) is 10.4. The summed E-state index contributed by atoms with van der Waals surface area (Å²) in [5.74, 6) is 1.13. The topological polar surface area (TPSA) is 17.1 Å². The molecule has 1 nitrogen and oxygen atoms in total. The van der Waals surface area contributed by atoms with Crippen LogP contribution in [0, 0.1) is 11.8 Å². The van der Waals surface area contributed by atoms with Crippen molar-refractivity contribution in [2.45, 2.75) is 34.6 Å². The summed E-state index contributed by atoms with van der Waals surface area (Å²) in [5.41, 5.74) is 1.25. The number of allylic oxidation sites excluding steroid dienone is 2. The summed E-state index contributed by atoms with van der Waals surface area (Å²) < 4.78 is 0. The lowest BCUT2D eigenvalue weighted by Gasteiger charge is -2.14. The Labute approximate surface area is 69.5 Å². The minimum absolute atomic E-state index is 0.155. The van der Waals surface area contributed by atoms with Crippen LogP contribution in [0.5, 0.6) is 0 Å². The molecule has 0 aliphatic heterocycles. The van der Waals surface area contributed by atoms with Crippen molar-refractivity contribution in [3.8, 4) is 0 Å². The fraction of sp³-hybridized carbons (Fsp3) is 0.700. The highest BCUT2D eigenvalue weighted by atomic mass is 16.1. The van der Waals surface area contributed by atoms with Gasteiger partial charge in [0, 0.05) is 0 Å². The SMILES string of the molecule is CC(=O)C=C(C(C)C)C(C)C. The lowest BCUT2D eigenvalue weighted by Crippen LogP contribution is -2.04. The first-order valence-corrected chi connectivity index (χ1v) is 4.17. The van der Waals surface area contributed by atoms with Crippen LogP contribution in [0.1, 0.15) is 34.6 Å². The van der Waals surface area contributed by atoms with Crippen molar-refractivity contribution in [3.63, 3.8) is 0 Å². The van der Waals surface area contributed by atoms with Gasteiger partial charge in [0.2, 0.25) is 0 Å². The molecule has 0 rings (SSSR count). The molecule has 0 aromatic rings.